The number of pyridine rings is 1. The normalized spacial score (nSPS) is 18.2. The van der Waals surface area contributed by atoms with Crippen LogP contribution in [0.25, 0.3) is 0 Å². The summed E-state index contributed by atoms with van der Waals surface area (Å²) in [5.74, 6) is 5.39. The van der Waals surface area contributed by atoms with Crippen LogP contribution in [0.5, 0.6) is 0 Å². The molecule has 0 atom stereocenters. The third-order valence-electron chi connectivity index (χ3n) is 3.14. The van der Waals surface area contributed by atoms with Crippen LogP contribution >= 0.6 is 0 Å². The summed E-state index contributed by atoms with van der Waals surface area (Å²) in [5.41, 5.74) is 4.14. The molecule has 6 heteroatoms. The second kappa shape index (κ2) is 5.14. The van der Waals surface area contributed by atoms with E-state index in [2.05, 4.69) is 10.4 Å². The van der Waals surface area contributed by atoms with Gasteiger partial charge in [-0.2, -0.15) is 0 Å². The van der Waals surface area contributed by atoms with Gasteiger partial charge in [0.2, 0.25) is 0 Å². The molecule has 2 heterocycles. The monoisotopic (exact) mass is 264 g/mol. The van der Waals surface area contributed by atoms with E-state index in [9.17, 15) is 4.79 Å². The number of aryl methyl sites for hydroxylation is 1. The summed E-state index contributed by atoms with van der Waals surface area (Å²) in [5, 5.41) is 0. The van der Waals surface area contributed by atoms with Crippen molar-refractivity contribution in [1.29, 1.82) is 0 Å². The summed E-state index contributed by atoms with van der Waals surface area (Å²) in [6, 6.07) is 1.76. The minimum atomic E-state index is -0.317. The Morgan fingerprint density at radius 3 is 2.95 bits per heavy atom. The molecule has 3 N–H and O–H groups in total. The molecular weight excluding hydrogens is 244 g/mol. The molecule has 0 bridgehead atoms. The van der Waals surface area contributed by atoms with Gasteiger partial charge < -0.3 is 15.1 Å². The van der Waals surface area contributed by atoms with E-state index in [1.165, 1.54) is 0 Å². The van der Waals surface area contributed by atoms with E-state index in [1.807, 2.05) is 20.8 Å². The van der Waals surface area contributed by atoms with Crippen LogP contribution in [0.4, 0.5) is 5.69 Å². The third kappa shape index (κ3) is 3.02. The lowest BCUT2D eigenvalue weighted by Crippen LogP contribution is -2.50. The number of rotatable bonds is 2. The van der Waals surface area contributed by atoms with Crippen LogP contribution < -0.4 is 11.3 Å². The van der Waals surface area contributed by atoms with Crippen molar-refractivity contribution in [3.8, 4) is 0 Å². The number of nitrogens with zero attached hydrogens (tertiary/aromatic N) is 2. The minimum Gasteiger partial charge on any atom is -0.372 e. The topological polar surface area (TPSA) is 80.5 Å². The summed E-state index contributed by atoms with van der Waals surface area (Å²) >= 11 is 0. The van der Waals surface area contributed by atoms with Gasteiger partial charge in [0.05, 0.1) is 23.5 Å². The van der Waals surface area contributed by atoms with Crippen LogP contribution in [0.3, 0.4) is 0 Å². The number of hydrogen-bond acceptors (Lipinski definition) is 5. The first kappa shape index (κ1) is 13.8. The van der Waals surface area contributed by atoms with Crippen LogP contribution in [-0.4, -0.2) is 41.1 Å². The van der Waals surface area contributed by atoms with Gasteiger partial charge >= 0.3 is 0 Å². The molecule has 0 radical (unpaired) electrons. The van der Waals surface area contributed by atoms with Crippen LogP contribution in [0, 0.1) is 6.92 Å². The van der Waals surface area contributed by atoms with E-state index in [0.29, 0.717) is 30.9 Å². The lowest BCUT2D eigenvalue weighted by Gasteiger charge is -2.38. The van der Waals surface area contributed by atoms with Gasteiger partial charge in [-0.3, -0.25) is 15.6 Å². The number of carbonyl (C=O) groups is 1. The zero-order chi connectivity index (χ0) is 14.0. The van der Waals surface area contributed by atoms with Crippen molar-refractivity contribution in [2.75, 3.05) is 25.1 Å². The zero-order valence-corrected chi connectivity index (χ0v) is 11.6. The van der Waals surface area contributed by atoms with E-state index in [4.69, 9.17) is 10.6 Å². The van der Waals surface area contributed by atoms with E-state index < -0.39 is 0 Å². The first-order valence-electron chi connectivity index (χ1n) is 6.29. The predicted molar refractivity (Wildman–Crippen MR) is 72.7 cm³/mol. The van der Waals surface area contributed by atoms with Crippen molar-refractivity contribution in [1.82, 2.24) is 9.88 Å². The van der Waals surface area contributed by atoms with Crippen molar-refractivity contribution >= 4 is 11.6 Å². The number of amides is 1. The fraction of sp³-hybridized carbons (Fsp3) is 0.538. The van der Waals surface area contributed by atoms with Gasteiger partial charge in [-0.1, -0.05) is 0 Å². The highest BCUT2D eigenvalue weighted by atomic mass is 16.5. The summed E-state index contributed by atoms with van der Waals surface area (Å²) in [4.78, 5) is 18.5. The lowest BCUT2D eigenvalue weighted by molar-refractivity contribution is -0.0763. The molecule has 0 aromatic carbocycles. The van der Waals surface area contributed by atoms with Crippen molar-refractivity contribution in [2.24, 2.45) is 5.84 Å². The average Bonchev–Trinajstić information content (AvgIpc) is 2.36. The lowest BCUT2D eigenvalue weighted by atomic mass is 10.1. The summed E-state index contributed by atoms with van der Waals surface area (Å²) < 4.78 is 5.61. The second-order valence-electron chi connectivity index (χ2n) is 5.35. The van der Waals surface area contributed by atoms with Gasteiger partial charge in [-0.05, 0) is 26.8 Å². The molecule has 2 rings (SSSR count). The maximum Gasteiger partial charge on any atom is 0.257 e. The molecule has 0 unspecified atom stereocenters. The minimum absolute atomic E-state index is 0.0724. The molecule has 1 aliphatic heterocycles. The van der Waals surface area contributed by atoms with E-state index in [1.54, 1.807) is 17.2 Å². The Hall–Kier alpha value is -1.66. The SMILES string of the molecule is Cc1cc(NN)c(C(=O)N2CCOC(C)(C)C2)cn1. The molecule has 1 aromatic rings. The van der Waals surface area contributed by atoms with E-state index in [-0.39, 0.29) is 11.5 Å². The maximum atomic E-state index is 12.5. The van der Waals surface area contributed by atoms with E-state index >= 15 is 0 Å². The number of morpholine rings is 1. The fourth-order valence-electron chi connectivity index (χ4n) is 2.21. The number of nitrogen functional groups attached to an aromatic ring is 1. The van der Waals surface area contributed by atoms with Crippen molar-refractivity contribution in [3.63, 3.8) is 0 Å². The standard InChI is InChI=1S/C13H20N4O2/c1-9-6-11(16-14)10(7-15-9)12(18)17-4-5-19-13(2,3)8-17/h6-7H,4-5,8,14H2,1-3H3,(H,15,16). The average molecular weight is 264 g/mol. The summed E-state index contributed by atoms with van der Waals surface area (Å²) in [6.45, 7) is 7.49. The maximum absolute atomic E-state index is 12.5. The number of carbonyl (C=O) groups excluding carboxylic acids is 1. The molecular formula is C13H20N4O2. The molecule has 0 saturated carbocycles. The summed E-state index contributed by atoms with van der Waals surface area (Å²) in [7, 11) is 0. The number of nitrogens with one attached hydrogen (secondary N) is 1. The van der Waals surface area contributed by atoms with Crippen LogP contribution in [0.15, 0.2) is 12.3 Å². The summed E-state index contributed by atoms with van der Waals surface area (Å²) in [6.07, 6.45) is 1.56. The first-order valence-corrected chi connectivity index (χ1v) is 6.29. The van der Waals surface area contributed by atoms with Crippen molar-refractivity contribution < 1.29 is 9.53 Å². The molecule has 1 saturated heterocycles. The smallest absolute Gasteiger partial charge is 0.257 e. The Morgan fingerprint density at radius 2 is 2.32 bits per heavy atom. The van der Waals surface area contributed by atoms with Crippen LogP contribution in [0.2, 0.25) is 0 Å². The molecule has 0 aliphatic carbocycles. The number of hydrogen-bond donors (Lipinski definition) is 2. The zero-order valence-electron chi connectivity index (χ0n) is 11.6. The molecule has 0 spiro atoms. The Kier molecular flexibility index (Phi) is 3.73. The van der Waals surface area contributed by atoms with Crippen molar-refractivity contribution in [3.05, 3.63) is 23.5 Å². The molecule has 1 amide bonds. The number of hydrazine groups is 1. The largest absolute Gasteiger partial charge is 0.372 e. The number of anilines is 1. The Balaban J connectivity index is 2.24. The van der Waals surface area contributed by atoms with Crippen LogP contribution in [0.1, 0.15) is 29.9 Å². The molecule has 19 heavy (non-hydrogen) atoms. The molecule has 6 nitrogen and oxygen atoms in total. The molecule has 1 aliphatic rings. The Labute approximate surface area is 112 Å². The highest BCUT2D eigenvalue weighted by molar-refractivity contribution is 5.99. The Morgan fingerprint density at radius 1 is 1.58 bits per heavy atom. The predicted octanol–water partition coefficient (Wildman–Crippen LogP) is 0.927. The number of ether oxygens (including phenoxy) is 1. The highest BCUT2D eigenvalue weighted by Gasteiger charge is 2.31. The molecule has 104 valence electrons. The highest BCUT2D eigenvalue weighted by Crippen LogP contribution is 2.21. The van der Waals surface area contributed by atoms with Crippen molar-refractivity contribution in [2.45, 2.75) is 26.4 Å². The van der Waals surface area contributed by atoms with Gasteiger partial charge in [0, 0.05) is 25.0 Å². The van der Waals surface area contributed by atoms with E-state index in [0.717, 1.165) is 5.69 Å². The van der Waals surface area contributed by atoms with Gasteiger partial charge in [0.25, 0.3) is 5.91 Å². The van der Waals surface area contributed by atoms with Gasteiger partial charge in [-0.15, -0.1) is 0 Å². The fourth-order valence-corrected chi connectivity index (χ4v) is 2.21. The van der Waals surface area contributed by atoms with Gasteiger partial charge in [0.15, 0.2) is 0 Å². The van der Waals surface area contributed by atoms with Crippen LogP contribution in [-0.2, 0) is 4.74 Å². The van der Waals surface area contributed by atoms with Gasteiger partial charge in [0.1, 0.15) is 0 Å². The number of aromatic nitrogens is 1. The Bertz CT molecular complexity index is 488. The quantitative estimate of drug-likeness (QED) is 0.613. The molecule has 1 aromatic heterocycles. The molecule has 1 fully saturated rings. The third-order valence-corrected chi connectivity index (χ3v) is 3.14. The first-order chi connectivity index (χ1) is 8.93. The number of nitrogens with two attached hydrogens (primary N) is 1. The second-order valence-corrected chi connectivity index (χ2v) is 5.35. The van der Waals surface area contributed by atoms with Gasteiger partial charge in [-0.25, -0.2) is 0 Å².